The van der Waals surface area contributed by atoms with E-state index in [2.05, 4.69) is 19.7 Å². The van der Waals surface area contributed by atoms with E-state index < -0.39 is 43.8 Å². The van der Waals surface area contributed by atoms with Gasteiger partial charge in [-0.1, -0.05) is 60.1 Å². The number of ether oxygens (including phenoxy) is 3. The summed E-state index contributed by atoms with van der Waals surface area (Å²) in [5.41, 5.74) is 3.34. The molecule has 16 heteroatoms. The number of hydrogen-bond acceptors (Lipinski definition) is 12. The lowest BCUT2D eigenvalue weighted by Gasteiger charge is -2.24. The number of carboxylic acid groups (broad SMARTS) is 1. The number of anilines is 1. The van der Waals surface area contributed by atoms with Crippen LogP contribution in [0.15, 0.2) is 65.7 Å². The number of carbonyl (C=O) groups is 1. The lowest BCUT2D eigenvalue weighted by molar-refractivity contribution is -0.170. The third kappa shape index (κ3) is 6.63. The largest absolute Gasteiger partial charge is 0.575 e. The molecule has 0 spiro atoms. The molecular weight excluding hydrogens is 646 g/mol. The molecule has 2 aromatic heterocycles. The lowest BCUT2D eigenvalue weighted by atomic mass is 9.85. The van der Waals surface area contributed by atoms with Crippen molar-refractivity contribution in [2.75, 3.05) is 12.3 Å². The molecule has 1 unspecified atom stereocenters. The van der Waals surface area contributed by atoms with Crippen LogP contribution in [0.4, 0.5) is 10.3 Å². The highest BCUT2D eigenvalue weighted by Gasteiger charge is 2.56. The molecule has 6 atom stereocenters. The van der Waals surface area contributed by atoms with Gasteiger partial charge in [0.2, 0.25) is 23.1 Å². The number of benzene rings is 2. The standard InChI is InChI=1S/C32H36FN6O8P/c1-31(33)25(40)23(17-44-21-14-8-9-15-22(21)47-48(43)38-32(2,29(41)42)20-12-6-7-13-20)46-28(31)39-18-35-24-26(39)36-30(34)37-27(24)45-16-19-10-4-3-5-11-19/h3-5,8-11,14-15,18,20,23,25,28,40H,6-7,12-13,16-17H2,1-2H3,(H,41,42)(H2,34,36,37)/t23-,25-,28-,31-,32+/m1/s1. The highest BCUT2D eigenvalue weighted by molar-refractivity contribution is 7.34. The van der Waals surface area contributed by atoms with Gasteiger partial charge < -0.3 is 35.1 Å². The fraction of sp³-hybridized carbons (Fsp3) is 0.438. The van der Waals surface area contributed by atoms with Crippen LogP contribution in [0.25, 0.3) is 11.2 Å². The minimum Gasteiger partial charge on any atom is -0.575 e. The van der Waals surface area contributed by atoms with Crippen LogP contribution in [0.5, 0.6) is 17.4 Å². The van der Waals surface area contributed by atoms with Crippen molar-refractivity contribution >= 4 is 31.2 Å². The summed E-state index contributed by atoms with van der Waals surface area (Å²) in [4.78, 5) is 37.8. The first-order valence-electron chi connectivity index (χ1n) is 15.5. The van der Waals surface area contributed by atoms with E-state index in [4.69, 9.17) is 24.5 Å². The fourth-order valence-corrected chi connectivity index (χ4v) is 7.08. The van der Waals surface area contributed by atoms with Gasteiger partial charge in [0.1, 0.15) is 25.4 Å². The molecule has 4 aromatic rings. The van der Waals surface area contributed by atoms with E-state index in [1.165, 1.54) is 36.9 Å². The number of nitrogens with two attached hydrogens (primary N) is 1. The molecular formula is C32H36FN6O8P. The maximum atomic E-state index is 16.2. The van der Waals surface area contributed by atoms with E-state index in [9.17, 15) is 19.9 Å². The Morgan fingerprint density at radius 1 is 1.17 bits per heavy atom. The Morgan fingerprint density at radius 3 is 2.56 bits per heavy atom. The molecule has 0 radical (unpaired) electrons. The SMILES string of the molecule is C[C@@]1(F)[C@H](O)[C@@H](COc2ccccc2O[P+]([O-])=N[C@](C)(C(=O)O)C2CCCC2)O[C@H]1n1cnc2c(OCc3ccccc3)nc(N)nc21. The van der Waals surface area contributed by atoms with Gasteiger partial charge in [-0.2, -0.15) is 9.97 Å². The summed E-state index contributed by atoms with van der Waals surface area (Å²) in [6, 6.07) is 15.7. The van der Waals surface area contributed by atoms with Crippen LogP contribution in [0.2, 0.25) is 0 Å². The zero-order valence-electron chi connectivity index (χ0n) is 26.3. The number of fused-ring (bicyclic) bond motifs is 1. The van der Waals surface area contributed by atoms with Crippen LogP contribution in [0.3, 0.4) is 0 Å². The number of aliphatic hydroxyl groups excluding tert-OH is 1. The van der Waals surface area contributed by atoms with Gasteiger partial charge in [-0.25, -0.2) is 14.2 Å². The summed E-state index contributed by atoms with van der Waals surface area (Å²) in [6.07, 6.45) is 0.230. The van der Waals surface area contributed by atoms with Crippen LogP contribution < -0.4 is 24.6 Å². The molecule has 0 amide bonds. The second-order valence-electron chi connectivity index (χ2n) is 12.2. The summed E-state index contributed by atoms with van der Waals surface area (Å²) < 4.78 is 44.9. The third-order valence-electron chi connectivity index (χ3n) is 8.90. The van der Waals surface area contributed by atoms with Gasteiger partial charge in [0.15, 0.2) is 28.8 Å². The monoisotopic (exact) mass is 682 g/mol. The Morgan fingerprint density at radius 2 is 1.85 bits per heavy atom. The van der Waals surface area contributed by atoms with Crippen molar-refractivity contribution in [3.8, 4) is 17.4 Å². The van der Waals surface area contributed by atoms with E-state index in [0.29, 0.717) is 12.8 Å². The fourth-order valence-electron chi connectivity index (χ4n) is 6.13. The Balaban J connectivity index is 1.17. The van der Waals surface area contributed by atoms with Crippen LogP contribution >= 0.6 is 8.17 Å². The number of nitrogen functional groups attached to an aromatic ring is 1. The number of halogens is 1. The van der Waals surface area contributed by atoms with Crippen molar-refractivity contribution in [3.05, 3.63) is 66.5 Å². The molecule has 14 nitrogen and oxygen atoms in total. The van der Waals surface area contributed by atoms with Crippen molar-refractivity contribution in [3.63, 3.8) is 0 Å². The molecule has 1 aliphatic carbocycles. The predicted molar refractivity (Wildman–Crippen MR) is 170 cm³/mol. The van der Waals surface area contributed by atoms with Crippen molar-refractivity contribution in [1.82, 2.24) is 19.5 Å². The number of aliphatic carboxylic acids is 1. The molecule has 4 N–H and O–H groups in total. The smallest absolute Gasteiger partial charge is 0.395 e. The number of aromatic nitrogens is 4. The van der Waals surface area contributed by atoms with Crippen molar-refractivity contribution in [2.24, 2.45) is 10.7 Å². The van der Waals surface area contributed by atoms with Gasteiger partial charge in [0, 0.05) is 0 Å². The highest BCUT2D eigenvalue weighted by atomic mass is 31.1. The number of imidazole rings is 1. The molecule has 6 rings (SSSR count). The average Bonchev–Trinajstić information content (AvgIpc) is 3.80. The number of nitrogens with zero attached hydrogens (tertiary/aromatic N) is 5. The van der Waals surface area contributed by atoms with Gasteiger partial charge in [-0.3, -0.25) is 9.09 Å². The van der Waals surface area contributed by atoms with E-state index in [1.54, 1.807) is 12.1 Å². The first kappa shape index (κ1) is 33.5. The molecule has 2 aromatic carbocycles. The minimum atomic E-state index is -2.79. The molecule has 2 fully saturated rings. The van der Waals surface area contributed by atoms with E-state index >= 15 is 4.39 Å². The van der Waals surface area contributed by atoms with E-state index in [0.717, 1.165) is 18.4 Å². The second-order valence-corrected chi connectivity index (χ2v) is 13.1. The Kier molecular flexibility index (Phi) is 9.48. The van der Waals surface area contributed by atoms with Crippen LogP contribution in [-0.2, 0) is 16.1 Å². The Hall–Kier alpha value is -4.43. The first-order chi connectivity index (χ1) is 23.0. The quantitative estimate of drug-likeness (QED) is 0.179. The van der Waals surface area contributed by atoms with Crippen LogP contribution in [-0.4, -0.2) is 65.7 Å². The Labute approximate surface area is 276 Å². The second kappa shape index (κ2) is 13.6. The molecule has 1 saturated carbocycles. The third-order valence-corrected chi connectivity index (χ3v) is 9.83. The van der Waals surface area contributed by atoms with E-state index in [-0.39, 0.29) is 53.6 Å². The van der Waals surface area contributed by atoms with Gasteiger partial charge in [0.05, 0.1) is 6.33 Å². The maximum Gasteiger partial charge on any atom is 0.395 e. The topological polar surface area (TPSA) is 199 Å². The number of alkyl halides is 1. The molecule has 48 heavy (non-hydrogen) atoms. The Bertz CT molecular complexity index is 1800. The molecule has 0 bridgehead atoms. The number of hydrogen-bond donors (Lipinski definition) is 3. The van der Waals surface area contributed by atoms with Gasteiger partial charge in [0.25, 0.3) is 0 Å². The molecule has 1 aliphatic heterocycles. The zero-order valence-corrected chi connectivity index (χ0v) is 27.2. The highest BCUT2D eigenvalue weighted by Crippen LogP contribution is 2.44. The molecule has 254 valence electrons. The summed E-state index contributed by atoms with van der Waals surface area (Å²) >= 11 is 0. The van der Waals surface area contributed by atoms with Crippen LogP contribution in [0.1, 0.15) is 51.3 Å². The zero-order chi connectivity index (χ0) is 34.1. The van der Waals surface area contributed by atoms with Gasteiger partial charge >= 0.3 is 14.1 Å². The first-order valence-corrected chi connectivity index (χ1v) is 16.6. The maximum absolute atomic E-state index is 16.2. The lowest BCUT2D eigenvalue weighted by Crippen LogP contribution is -2.41. The summed E-state index contributed by atoms with van der Waals surface area (Å²) in [5, 5.41) is 20.9. The minimum absolute atomic E-state index is 0.0318. The van der Waals surface area contributed by atoms with E-state index in [1.807, 2.05) is 30.3 Å². The summed E-state index contributed by atoms with van der Waals surface area (Å²) in [7, 11) is -2.79. The molecule has 1 saturated heterocycles. The number of para-hydroxylation sites is 2. The number of aliphatic hydroxyl groups is 1. The summed E-state index contributed by atoms with van der Waals surface area (Å²) in [5.74, 6) is -1.30. The average molecular weight is 683 g/mol. The predicted octanol–water partition coefficient (Wildman–Crippen LogP) is 4.32. The van der Waals surface area contributed by atoms with Crippen molar-refractivity contribution < 1.29 is 43.0 Å². The van der Waals surface area contributed by atoms with Gasteiger partial charge in [-0.05, 0) is 50.3 Å². The number of carboxylic acids is 1. The number of rotatable bonds is 12. The summed E-state index contributed by atoms with van der Waals surface area (Å²) in [6.45, 7) is 2.51. The molecule has 2 aliphatic rings. The van der Waals surface area contributed by atoms with Crippen molar-refractivity contribution in [1.29, 1.82) is 0 Å². The molecule has 3 heterocycles. The van der Waals surface area contributed by atoms with Crippen molar-refractivity contribution in [2.45, 2.75) is 75.8 Å². The normalized spacial score (nSPS) is 24.4. The van der Waals surface area contributed by atoms with Gasteiger partial charge in [-0.15, -0.1) is 0 Å². The van der Waals surface area contributed by atoms with Crippen LogP contribution in [0, 0.1) is 5.92 Å².